The highest BCUT2D eigenvalue weighted by molar-refractivity contribution is 8.00. The van der Waals surface area contributed by atoms with Gasteiger partial charge in [-0.05, 0) is 30.7 Å². The van der Waals surface area contributed by atoms with Crippen molar-refractivity contribution in [1.29, 1.82) is 0 Å². The molecule has 0 bridgehead atoms. The summed E-state index contributed by atoms with van der Waals surface area (Å²) < 4.78 is 0. The molecule has 1 fully saturated rings. The normalized spacial score (nSPS) is 18.2. The van der Waals surface area contributed by atoms with E-state index in [0.717, 1.165) is 12.2 Å². The van der Waals surface area contributed by atoms with E-state index in [1.165, 1.54) is 24.6 Å². The fraction of sp³-hybridized carbons (Fsp3) is 0.417. The van der Waals surface area contributed by atoms with Crippen molar-refractivity contribution in [2.45, 2.75) is 18.1 Å². The largest absolute Gasteiger partial charge is 0.393 e. The van der Waals surface area contributed by atoms with Crippen molar-refractivity contribution in [3.05, 3.63) is 33.9 Å². The summed E-state index contributed by atoms with van der Waals surface area (Å²) in [6.45, 7) is 0.599. The van der Waals surface area contributed by atoms with E-state index >= 15 is 0 Å². The average Bonchev–Trinajstić information content (AvgIpc) is 2.89. The number of carbonyl (C=O) groups excluding carboxylic acids is 1. The molecule has 0 aromatic heterocycles. The van der Waals surface area contributed by atoms with Crippen LogP contribution in [0.15, 0.2) is 18.2 Å². The highest BCUT2D eigenvalue weighted by Gasteiger charge is 2.18. The Hall–Kier alpha value is -1.76. The van der Waals surface area contributed by atoms with E-state index in [0.29, 0.717) is 11.8 Å². The van der Waals surface area contributed by atoms with Gasteiger partial charge >= 0.3 is 0 Å². The first kappa shape index (κ1) is 13.7. The minimum Gasteiger partial charge on any atom is -0.393 e. The summed E-state index contributed by atoms with van der Waals surface area (Å²) in [5.74, 6) is 0.837. The van der Waals surface area contributed by atoms with Crippen LogP contribution in [0.3, 0.4) is 0 Å². The van der Waals surface area contributed by atoms with Gasteiger partial charge in [0.25, 0.3) is 11.6 Å². The number of nitrogens with two attached hydrogens (primary N) is 1. The molecule has 6 nitrogen and oxygen atoms in total. The minimum absolute atomic E-state index is 0.0629. The Bertz CT molecular complexity index is 501. The number of nitro groups is 1. The van der Waals surface area contributed by atoms with Crippen molar-refractivity contribution in [1.82, 2.24) is 5.32 Å². The average molecular weight is 281 g/mol. The van der Waals surface area contributed by atoms with Gasteiger partial charge in [0.15, 0.2) is 0 Å². The van der Waals surface area contributed by atoms with E-state index < -0.39 is 4.92 Å². The maximum Gasteiger partial charge on any atom is 0.292 e. The molecule has 1 aliphatic rings. The molecular weight excluding hydrogens is 266 g/mol. The molecule has 1 amide bonds. The highest BCUT2D eigenvalue weighted by atomic mass is 32.2. The number of hydrogen-bond acceptors (Lipinski definition) is 5. The van der Waals surface area contributed by atoms with Crippen LogP contribution < -0.4 is 11.1 Å². The number of nitrogens with zero attached hydrogens (tertiary/aromatic N) is 1. The lowest BCUT2D eigenvalue weighted by Crippen LogP contribution is -2.29. The van der Waals surface area contributed by atoms with Gasteiger partial charge in [0, 0.05) is 23.4 Å². The van der Waals surface area contributed by atoms with Gasteiger partial charge < -0.3 is 11.1 Å². The number of rotatable bonds is 4. The van der Waals surface area contributed by atoms with Crippen molar-refractivity contribution in [2.75, 3.05) is 18.0 Å². The molecule has 7 heteroatoms. The lowest BCUT2D eigenvalue weighted by molar-refractivity contribution is -0.383. The van der Waals surface area contributed by atoms with Crippen molar-refractivity contribution in [2.24, 2.45) is 0 Å². The van der Waals surface area contributed by atoms with Crippen LogP contribution in [0.5, 0.6) is 0 Å². The number of nitrogen functional groups attached to an aromatic ring is 1. The first-order valence-corrected chi connectivity index (χ1v) is 7.06. The number of nitro benzene ring substituents is 1. The predicted octanol–water partition coefficient (Wildman–Crippen LogP) is 1.80. The Morgan fingerprint density at radius 2 is 2.37 bits per heavy atom. The second kappa shape index (κ2) is 5.92. The first-order valence-electron chi connectivity index (χ1n) is 6.01. The summed E-state index contributed by atoms with van der Waals surface area (Å²) in [6.07, 6.45) is 2.28. The van der Waals surface area contributed by atoms with Crippen molar-refractivity contribution < 1.29 is 9.72 Å². The van der Waals surface area contributed by atoms with Crippen molar-refractivity contribution >= 4 is 29.0 Å². The van der Waals surface area contributed by atoms with Gasteiger partial charge in [-0.25, -0.2) is 0 Å². The van der Waals surface area contributed by atoms with Gasteiger partial charge in [0.2, 0.25) is 0 Å². The summed E-state index contributed by atoms with van der Waals surface area (Å²) >= 11 is 1.85. The van der Waals surface area contributed by atoms with Crippen LogP contribution in [0.25, 0.3) is 0 Å². The number of carbonyl (C=O) groups is 1. The number of benzene rings is 1. The van der Waals surface area contributed by atoms with Crippen LogP contribution in [-0.4, -0.2) is 28.4 Å². The highest BCUT2D eigenvalue weighted by Crippen LogP contribution is 2.25. The van der Waals surface area contributed by atoms with E-state index in [-0.39, 0.29) is 22.8 Å². The van der Waals surface area contributed by atoms with Gasteiger partial charge in [0.1, 0.15) is 5.69 Å². The summed E-state index contributed by atoms with van der Waals surface area (Å²) in [5.41, 5.74) is 5.58. The standard InChI is InChI=1S/C12H15N3O3S/c13-10-4-3-8(6-11(10)15(17)18)12(16)14-7-9-2-1-5-19-9/h3-4,6,9H,1-2,5,7,13H2,(H,14,16). The lowest BCUT2D eigenvalue weighted by Gasteiger charge is -2.10. The first-order chi connectivity index (χ1) is 9.08. The van der Waals surface area contributed by atoms with Crippen LogP contribution in [-0.2, 0) is 0 Å². The topological polar surface area (TPSA) is 98.3 Å². The smallest absolute Gasteiger partial charge is 0.292 e. The Morgan fingerprint density at radius 3 is 3.00 bits per heavy atom. The molecule has 1 heterocycles. The third-order valence-corrected chi connectivity index (χ3v) is 4.40. The molecule has 0 radical (unpaired) electrons. The van der Waals surface area contributed by atoms with Crippen LogP contribution in [0, 0.1) is 10.1 Å². The number of amides is 1. The monoisotopic (exact) mass is 281 g/mol. The number of thioether (sulfide) groups is 1. The SMILES string of the molecule is Nc1ccc(C(=O)NCC2CCCS2)cc1[N+](=O)[O-]. The van der Waals surface area contributed by atoms with Crippen LogP contribution in [0.2, 0.25) is 0 Å². The second-order valence-corrected chi connectivity index (χ2v) is 5.78. The maximum atomic E-state index is 11.9. The predicted molar refractivity (Wildman–Crippen MR) is 75.3 cm³/mol. The summed E-state index contributed by atoms with van der Waals surface area (Å²) in [4.78, 5) is 22.1. The van der Waals surface area contributed by atoms with Crippen molar-refractivity contribution in [3.63, 3.8) is 0 Å². The van der Waals surface area contributed by atoms with Gasteiger partial charge in [-0.2, -0.15) is 11.8 Å². The maximum absolute atomic E-state index is 11.9. The molecule has 0 aliphatic carbocycles. The van der Waals surface area contributed by atoms with E-state index in [1.54, 1.807) is 0 Å². The molecule has 1 aliphatic heterocycles. The zero-order valence-corrected chi connectivity index (χ0v) is 11.1. The lowest BCUT2D eigenvalue weighted by atomic mass is 10.1. The number of anilines is 1. The molecule has 1 aromatic carbocycles. The molecule has 1 aromatic rings. The Labute approximate surface area is 114 Å². The Balaban J connectivity index is 2.02. The fourth-order valence-electron chi connectivity index (χ4n) is 1.96. The van der Waals surface area contributed by atoms with E-state index in [9.17, 15) is 14.9 Å². The quantitative estimate of drug-likeness (QED) is 0.498. The molecule has 3 N–H and O–H groups in total. The molecule has 1 saturated heterocycles. The molecule has 0 spiro atoms. The Kier molecular flexibility index (Phi) is 4.26. The van der Waals surface area contributed by atoms with E-state index in [2.05, 4.69) is 5.32 Å². The zero-order valence-electron chi connectivity index (χ0n) is 10.3. The summed E-state index contributed by atoms with van der Waals surface area (Å²) in [5, 5.41) is 14.0. The molecular formula is C12H15N3O3S. The fourth-order valence-corrected chi connectivity index (χ4v) is 3.16. The molecule has 2 rings (SSSR count). The zero-order chi connectivity index (χ0) is 13.8. The van der Waals surface area contributed by atoms with E-state index in [4.69, 9.17) is 5.73 Å². The van der Waals surface area contributed by atoms with Gasteiger partial charge in [-0.15, -0.1) is 0 Å². The number of hydrogen-bond donors (Lipinski definition) is 2. The van der Waals surface area contributed by atoms with Crippen molar-refractivity contribution in [3.8, 4) is 0 Å². The third-order valence-electron chi connectivity index (χ3n) is 3.00. The second-order valence-electron chi connectivity index (χ2n) is 4.38. The molecule has 19 heavy (non-hydrogen) atoms. The van der Waals surface area contributed by atoms with Gasteiger partial charge in [-0.1, -0.05) is 0 Å². The minimum atomic E-state index is -0.584. The van der Waals surface area contributed by atoms with Crippen LogP contribution in [0.4, 0.5) is 11.4 Å². The third kappa shape index (κ3) is 3.37. The van der Waals surface area contributed by atoms with Gasteiger partial charge in [0.05, 0.1) is 4.92 Å². The van der Waals surface area contributed by atoms with Crippen LogP contribution in [0.1, 0.15) is 23.2 Å². The van der Waals surface area contributed by atoms with E-state index in [1.807, 2.05) is 11.8 Å². The molecule has 102 valence electrons. The Morgan fingerprint density at radius 1 is 1.58 bits per heavy atom. The number of nitrogens with one attached hydrogen (secondary N) is 1. The summed E-state index contributed by atoms with van der Waals surface area (Å²) in [7, 11) is 0. The molecule has 1 unspecified atom stereocenters. The summed E-state index contributed by atoms with van der Waals surface area (Å²) in [6, 6.07) is 4.10. The van der Waals surface area contributed by atoms with Crippen LogP contribution >= 0.6 is 11.8 Å². The van der Waals surface area contributed by atoms with Gasteiger partial charge in [-0.3, -0.25) is 14.9 Å². The molecule has 1 atom stereocenters. The molecule has 0 saturated carbocycles.